The molecule has 1 amide bonds. The van der Waals surface area contributed by atoms with Gasteiger partial charge in [0.1, 0.15) is 0 Å². The third kappa shape index (κ3) is 1.91. The van der Waals surface area contributed by atoms with Crippen molar-refractivity contribution in [1.29, 1.82) is 0 Å². The van der Waals surface area contributed by atoms with Crippen LogP contribution in [0.1, 0.15) is 6.42 Å². The number of hydrogen-bond donors (Lipinski definition) is 2. The highest BCUT2D eigenvalue weighted by Crippen LogP contribution is 2.07. The molecule has 1 fully saturated rings. The van der Waals surface area contributed by atoms with E-state index in [1.54, 1.807) is 4.90 Å². The fourth-order valence-corrected chi connectivity index (χ4v) is 1.35. The van der Waals surface area contributed by atoms with Gasteiger partial charge in [0, 0.05) is 19.1 Å². The van der Waals surface area contributed by atoms with Gasteiger partial charge in [0.25, 0.3) is 0 Å². The van der Waals surface area contributed by atoms with Gasteiger partial charge in [-0.05, 0) is 13.5 Å². The molecule has 1 heterocycles. The molecule has 0 aromatic heterocycles. The van der Waals surface area contributed by atoms with Crippen LogP contribution in [0, 0.1) is 0 Å². The highest BCUT2D eigenvalue weighted by atomic mass is 16.2. The number of nitrogens with two attached hydrogens (primary N) is 1. The fraction of sp³-hybridized carbons (Fsp3) is 0.857. The smallest absolute Gasteiger partial charge is 0.236 e. The van der Waals surface area contributed by atoms with E-state index in [9.17, 15) is 4.79 Å². The Bertz CT molecular complexity index is 149. The highest BCUT2D eigenvalue weighted by molar-refractivity contribution is 5.78. The Hall–Kier alpha value is -0.610. The zero-order valence-electron chi connectivity index (χ0n) is 6.84. The van der Waals surface area contributed by atoms with Crippen LogP contribution in [0.3, 0.4) is 0 Å². The molecule has 0 bridgehead atoms. The van der Waals surface area contributed by atoms with Crippen molar-refractivity contribution in [3.8, 4) is 0 Å². The number of carbonyl (C=O) groups is 1. The molecule has 0 aliphatic carbocycles. The average molecular weight is 157 g/mol. The predicted molar refractivity (Wildman–Crippen MR) is 43.1 cm³/mol. The molecule has 11 heavy (non-hydrogen) atoms. The Morgan fingerprint density at radius 2 is 2.55 bits per heavy atom. The molecule has 1 saturated heterocycles. The summed E-state index contributed by atoms with van der Waals surface area (Å²) in [6.45, 7) is 1.80. The van der Waals surface area contributed by atoms with E-state index in [1.165, 1.54) is 0 Å². The van der Waals surface area contributed by atoms with Gasteiger partial charge in [0.2, 0.25) is 5.91 Å². The minimum absolute atomic E-state index is 0.0581. The van der Waals surface area contributed by atoms with Gasteiger partial charge < -0.3 is 16.0 Å². The van der Waals surface area contributed by atoms with Crippen LogP contribution in [0.4, 0.5) is 0 Å². The number of likely N-dealkylation sites (tertiary alicyclic amines) is 1. The maximum absolute atomic E-state index is 11.0. The van der Waals surface area contributed by atoms with E-state index in [2.05, 4.69) is 5.32 Å². The van der Waals surface area contributed by atoms with Crippen LogP contribution in [0.5, 0.6) is 0 Å². The van der Waals surface area contributed by atoms with Gasteiger partial charge in [-0.3, -0.25) is 4.79 Å². The van der Waals surface area contributed by atoms with Crippen LogP contribution in [0.15, 0.2) is 0 Å². The van der Waals surface area contributed by atoms with Crippen molar-refractivity contribution in [2.75, 3.05) is 26.7 Å². The molecule has 1 aliphatic rings. The maximum Gasteiger partial charge on any atom is 0.236 e. The number of rotatable bonds is 2. The number of nitrogens with zero attached hydrogens (tertiary/aromatic N) is 1. The zero-order chi connectivity index (χ0) is 8.27. The molecule has 0 radical (unpaired) electrons. The zero-order valence-corrected chi connectivity index (χ0v) is 6.84. The van der Waals surface area contributed by atoms with Gasteiger partial charge in [-0.1, -0.05) is 0 Å². The first-order valence-electron chi connectivity index (χ1n) is 3.93. The third-order valence-electron chi connectivity index (χ3n) is 2.12. The molecule has 1 rings (SSSR count). The molecule has 1 atom stereocenters. The lowest BCUT2D eigenvalue weighted by atomic mass is 10.3. The van der Waals surface area contributed by atoms with E-state index >= 15 is 0 Å². The van der Waals surface area contributed by atoms with Crippen molar-refractivity contribution in [3.63, 3.8) is 0 Å². The molecule has 0 unspecified atom stereocenters. The van der Waals surface area contributed by atoms with Gasteiger partial charge in [0.05, 0.1) is 6.54 Å². The lowest BCUT2D eigenvalue weighted by Gasteiger charge is -2.14. The van der Waals surface area contributed by atoms with Crippen molar-refractivity contribution < 1.29 is 4.79 Å². The maximum atomic E-state index is 11.0. The van der Waals surface area contributed by atoms with Crippen molar-refractivity contribution in [1.82, 2.24) is 10.2 Å². The quantitative estimate of drug-likeness (QED) is 0.527. The fourth-order valence-electron chi connectivity index (χ4n) is 1.35. The Kier molecular flexibility index (Phi) is 2.84. The van der Waals surface area contributed by atoms with Crippen molar-refractivity contribution in [2.24, 2.45) is 5.73 Å². The SMILES string of the molecule is CN[C@@H]1CCN(C(=O)CN)C1. The summed E-state index contributed by atoms with van der Waals surface area (Å²) in [5.74, 6) is 0.0581. The molecule has 64 valence electrons. The molecule has 0 aromatic rings. The third-order valence-corrected chi connectivity index (χ3v) is 2.12. The highest BCUT2D eigenvalue weighted by Gasteiger charge is 2.23. The topological polar surface area (TPSA) is 58.4 Å². The first-order chi connectivity index (χ1) is 5.27. The van der Waals surface area contributed by atoms with Crippen LogP contribution in [-0.2, 0) is 4.79 Å². The summed E-state index contributed by atoms with van der Waals surface area (Å²) in [6, 6.07) is 0.463. The van der Waals surface area contributed by atoms with Crippen LogP contribution in [0.25, 0.3) is 0 Å². The van der Waals surface area contributed by atoms with Crippen LogP contribution in [-0.4, -0.2) is 43.5 Å². The van der Waals surface area contributed by atoms with Crippen molar-refractivity contribution in [3.05, 3.63) is 0 Å². The summed E-state index contributed by atoms with van der Waals surface area (Å²) in [7, 11) is 1.92. The van der Waals surface area contributed by atoms with Crippen molar-refractivity contribution >= 4 is 5.91 Å². The normalized spacial score (nSPS) is 24.2. The lowest BCUT2D eigenvalue weighted by molar-refractivity contribution is -0.128. The van der Waals surface area contributed by atoms with E-state index in [0.29, 0.717) is 6.04 Å². The Morgan fingerprint density at radius 3 is 3.00 bits per heavy atom. The molecular weight excluding hydrogens is 142 g/mol. The summed E-state index contributed by atoms with van der Waals surface area (Å²) in [6.07, 6.45) is 1.04. The summed E-state index contributed by atoms with van der Waals surface area (Å²) >= 11 is 0. The number of nitrogens with one attached hydrogen (secondary N) is 1. The van der Waals surface area contributed by atoms with Gasteiger partial charge in [-0.15, -0.1) is 0 Å². The van der Waals surface area contributed by atoms with Gasteiger partial charge in [-0.25, -0.2) is 0 Å². The van der Waals surface area contributed by atoms with E-state index in [4.69, 9.17) is 5.73 Å². The minimum Gasteiger partial charge on any atom is -0.340 e. The molecule has 4 nitrogen and oxygen atoms in total. The second kappa shape index (κ2) is 3.69. The number of likely N-dealkylation sites (N-methyl/N-ethyl adjacent to an activating group) is 1. The molecule has 1 aliphatic heterocycles. The molecule has 0 spiro atoms. The lowest BCUT2D eigenvalue weighted by Crippen LogP contribution is -2.36. The first-order valence-corrected chi connectivity index (χ1v) is 3.93. The predicted octanol–water partition coefficient (Wildman–Crippen LogP) is -1.23. The second-order valence-electron chi connectivity index (χ2n) is 2.82. The summed E-state index contributed by atoms with van der Waals surface area (Å²) < 4.78 is 0. The van der Waals surface area contributed by atoms with E-state index in [1.807, 2.05) is 7.05 Å². The molecule has 3 N–H and O–H groups in total. The molecule has 0 aromatic carbocycles. The monoisotopic (exact) mass is 157 g/mol. The van der Waals surface area contributed by atoms with Crippen LogP contribution in [0.2, 0.25) is 0 Å². The Labute approximate surface area is 66.7 Å². The molecular formula is C7H15N3O. The molecule has 0 saturated carbocycles. The van der Waals surface area contributed by atoms with Gasteiger partial charge in [-0.2, -0.15) is 0 Å². The van der Waals surface area contributed by atoms with Gasteiger partial charge >= 0.3 is 0 Å². The Balaban J connectivity index is 2.35. The summed E-state index contributed by atoms with van der Waals surface area (Å²) in [5.41, 5.74) is 5.23. The minimum atomic E-state index is 0.0581. The first kappa shape index (κ1) is 8.49. The Morgan fingerprint density at radius 1 is 1.82 bits per heavy atom. The van der Waals surface area contributed by atoms with Gasteiger partial charge in [0.15, 0.2) is 0 Å². The summed E-state index contributed by atoms with van der Waals surface area (Å²) in [5, 5.41) is 3.14. The van der Waals surface area contributed by atoms with Crippen LogP contribution >= 0.6 is 0 Å². The van der Waals surface area contributed by atoms with E-state index < -0.39 is 0 Å². The second-order valence-corrected chi connectivity index (χ2v) is 2.82. The number of hydrogen-bond acceptors (Lipinski definition) is 3. The van der Waals surface area contributed by atoms with Crippen LogP contribution < -0.4 is 11.1 Å². The van der Waals surface area contributed by atoms with Crippen molar-refractivity contribution in [2.45, 2.75) is 12.5 Å². The van der Waals surface area contributed by atoms with E-state index in [-0.39, 0.29) is 12.5 Å². The molecule has 4 heteroatoms. The number of amides is 1. The van der Waals surface area contributed by atoms with E-state index in [0.717, 1.165) is 19.5 Å². The summed E-state index contributed by atoms with van der Waals surface area (Å²) in [4.78, 5) is 12.9. The number of carbonyl (C=O) groups excluding carboxylic acids is 1. The largest absolute Gasteiger partial charge is 0.340 e. The average Bonchev–Trinajstić information content (AvgIpc) is 2.50. The standard InChI is InChI=1S/C7H15N3O/c1-9-6-2-3-10(5-6)7(11)4-8/h6,9H,2-5,8H2,1H3/t6-/m1/s1.